The highest BCUT2D eigenvalue weighted by molar-refractivity contribution is 6.33. The van der Waals surface area contributed by atoms with Crippen LogP contribution in [0, 0.1) is 13.8 Å². The largest absolute Gasteiger partial charge is 0.494 e. The summed E-state index contributed by atoms with van der Waals surface area (Å²) >= 11 is 0. The summed E-state index contributed by atoms with van der Waals surface area (Å²) < 4.78 is 5.45. The third-order valence-corrected chi connectivity index (χ3v) is 2.58. The van der Waals surface area contributed by atoms with Crippen molar-refractivity contribution < 1.29 is 4.74 Å². The van der Waals surface area contributed by atoms with E-state index >= 15 is 0 Å². The van der Waals surface area contributed by atoms with Crippen LogP contribution in [0.3, 0.4) is 0 Å². The van der Waals surface area contributed by atoms with Gasteiger partial charge in [-0.1, -0.05) is 11.3 Å². The minimum absolute atomic E-state index is 0.724. The normalized spacial score (nSPS) is 10.0. The summed E-state index contributed by atoms with van der Waals surface area (Å²) in [7, 11) is 3.53. The van der Waals surface area contributed by atoms with Crippen LogP contribution in [0.25, 0.3) is 0 Å². The first-order chi connectivity index (χ1) is 5.66. The molecule has 2 heteroatoms. The highest BCUT2D eigenvalue weighted by Gasteiger charge is 2.02. The minimum Gasteiger partial charge on any atom is -0.494 e. The van der Waals surface area contributed by atoms with E-state index in [0.29, 0.717) is 0 Å². The Kier molecular flexibility index (Phi) is 2.92. The molecule has 0 aromatic heterocycles. The summed E-state index contributed by atoms with van der Waals surface area (Å²) in [5.74, 6) is 0.983. The molecule has 0 unspecified atom stereocenters. The molecule has 12 heavy (non-hydrogen) atoms. The van der Waals surface area contributed by atoms with Crippen LogP contribution < -0.4 is 9.92 Å². The maximum absolute atomic E-state index is 5.45. The quantitative estimate of drug-likeness (QED) is 0.622. The summed E-state index contributed by atoms with van der Waals surface area (Å²) in [4.78, 5) is 0. The lowest BCUT2D eigenvalue weighted by molar-refractivity contribution is 0.337. The third-order valence-electron chi connectivity index (χ3n) is 2.04. The molecule has 1 aromatic carbocycles. The predicted molar refractivity (Wildman–Crippen MR) is 52.5 cm³/mol. The monoisotopic (exact) mass is 177 g/mol. The first-order valence-electron chi connectivity index (χ1n) is 4.11. The van der Waals surface area contributed by atoms with Crippen molar-refractivity contribution >= 4 is 15.4 Å². The Bertz CT molecular complexity index is 281. The van der Waals surface area contributed by atoms with Crippen LogP contribution in [-0.4, -0.2) is 16.8 Å². The Morgan fingerprint density at radius 3 is 2.50 bits per heavy atom. The topological polar surface area (TPSA) is 9.23 Å². The zero-order valence-electron chi connectivity index (χ0n) is 7.77. The van der Waals surface area contributed by atoms with Crippen LogP contribution in [0.2, 0.25) is 0 Å². The Balaban J connectivity index is 3.08. The molecule has 0 aliphatic carbocycles. The van der Waals surface area contributed by atoms with Gasteiger partial charge in [0.1, 0.15) is 5.75 Å². The van der Waals surface area contributed by atoms with E-state index in [1.807, 2.05) is 19.1 Å². The summed E-state index contributed by atoms with van der Waals surface area (Å²) in [5.41, 5.74) is 2.46. The molecule has 0 fully saturated rings. The molecular formula is C10H13OSi. The molecule has 3 radical (unpaired) electrons. The van der Waals surface area contributed by atoms with Crippen molar-refractivity contribution in [3.8, 4) is 5.75 Å². The van der Waals surface area contributed by atoms with Crippen molar-refractivity contribution in [1.82, 2.24) is 0 Å². The number of ether oxygens (including phenoxy) is 1. The molecule has 1 rings (SSSR count). The van der Waals surface area contributed by atoms with Crippen LogP contribution in [0.5, 0.6) is 5.75 Å². The van der Waals surface area contributed by atoms with E-state index in [9.17, 15) is 0 Å². The van der Waals surface area contributed by atoms with Crippen molar-refractivity contribution in [2.75, 3.05) is 6.61 Å². The average molecular weight is 177 g/mol. The van der Waals surface area contributed by atoms with E-state index in [1.165, 1.54) is 11.1 Å². The van der Waals surface area contributed by atoms with Crippen molar-refractivity contribution in [3.63, 3.8) is 0 Å². The second-order valence-corrected chi connectivity index (χ2v) is 3.33. The molecule has 0 saturated carbocycles. The van der Waals surface area contributed by atoms with E-state index in [-0.39, 0.29) is 0 Å². The summed E-state index contributed by atoms with van der Waals surface area (Å²) in [6.45, 7) is 6.88. The zero-order chi connectivity index (χ0) is 9.14. The molecule has 0 bridgehead atoms. The molecular weight excluding hydrogens is 164 g/mol. The van der Waals surface area contributed by atoms with E-state index in [4.69, 9.17) is 4.74 Å². The second kappa shape index (κ2) is 3.76. The molecule has 0 amide bonds. The van der Waals surface area contributed by atoms with Crippen molar-refractivity contribution in [2.24, 2.45) is 0 Å². The van der Waals surface area contributed by atoms with Gasteiger partial charge in [0.25, 0.3) is 0 Å². The van der Waals surface area contributed by atoms with Gasteiger partial charge >= 0.3 is 0 Å². The van der Waals surface area contributed by atoms with E-state index in [0.717, 1.165) is 17.5 Å². The number of hydrogen-bond acceptors (Lipinski definition) is 1. The summed E-state index contributed by atoms with van der Waals surface area (Å²) in [6.07, 6.45) is 0. The van der Waals surface area contributed by atoms with Gasteiger partial charge in [-0.2, -0.15) is 0 Å². The summed E-state index contributed by atoms with van der Waals surface area (Å²) in [6, 6.07) is 4.01. The fraction of sp³-hybridized carbons (Fsp3) is 0.400. The van der Waals surface area contributed by atoms with Gasteiger partial charge in [-0.15, -0.1) is 0 Å². The fourth-order valence-corrected chi connectivity index (χ4v) is 1.38. The fourth-order valence-electron chi connectivity index (χ4n) is 1.11. The molecule has 0 aliphatic rings. The average Bonchev–Trinajstić information content (AvgIpc) is 2.07. The van der Waals surface area contributed by atoms with Gasteiger partial charge in [-0.3, -0.25) is 0 Å². The van der Waals surface area contributed by atoms with E-state index in [1.54, 1.807) is 0 Å². The lowest BCUT2D eigenvalue weighted by atomic mass is 10.1. The van der Waals surface area contributed by atoms with Gasteiger partial charge in [0.15, 0.2) is 0 Å². The molecule has 0 saturated heterocycles. The SMILES string of the molecule is CCOc1ccc([Si])c(C)c1C. The van der Waals surface area contributed by atoms with Crippen LogP contribution in [-0.2, 0) is 0 Å². The van der Waals surface area contributed by atoms with Crippen molar-refractivity contribution in [3.05, 3.63) is 23.3 Å². The number of rotatable bonds is 2. The Labute approximate surface area is 77.2 Å². The standard InChI is InChI=1S/C10H13OSi/c1-4-11-9-5-6-10(12)8(3)7(9)2/h5-6H,4H2,1-3H3. The molecule has 0 heterocycles. The first kappa shape index (κ1) is 9.33. The number of benzene rings is 1. The molecule has 1 nitrogen and oxygen atoms in total. The lowest BCUT2D eigenvalue weighted by Gasteiger charge is -2.10. The summed E-state index contributed by atoms with van der Waals surface area (Å²) in [5, 5.41) is 1.14. The van der Waals surface area contributed by atoms with Gasteiger partial charge in [-0.25, -0.2) is 0 Å². The van der Waals surface area contributed by atoms with Gasteiger partial charge < -0.3 is 4.74 Å². The zero-order valence-corrected chi connectivity index (χ0v) is 8.77. The van der Waals surface area contributed by atoms with E-state index in [2.05, 4.69) is 24.1 Å². The maximum atomic E-state index is 5.45. The van der Waals surface area contributed by atoms with Gasteiger partial charge in [0, 0.05) is 0 Å². The second-order valence-electron chi connectivity index (χ2n) is 2.79. The van der Waals surface area contributed by atoms with Crippen LogP contribution in [0.1, 0.15) is 18.1 Å². The van der Waals surface area contributed by atoms with Crippen molar-refractivity contribution in [2.45, 2.75) is 20.8 Å². The van der Waals surface area contributed by atoms with Gasteiger partial charge in [-0.05, 0) is 38.0 Å². The molecule has 1 aromatic rings. The Morgan fingerprint density at radius 2 is 1.92 bits per heavy atom. The molecule has 0 aliphatic heterocycles. The molecule has 0 N–H and O–H groups in total. The smallest absolute Gasteiger partial charge is 0.122 e. The van der Waals surface area contributed by atoms with E-state index < -0.39 is 0 Å². The van der Waals surface area contributed by atoms with Crippen LogP contribution in [0.4, 0.5) is 0 Å². The number of hydrogen-bond donors (Lipinski definition) is 0. The van der Waals surface area contributed by atoms with Crippen LogP contribution >= 0.6 is 0 Å². The highest BCUT2D eigenvalue weighted by Crippen LogP contribution is 2.18. The van der Waals surface area contributed by atoms with Crippen LogP contribution in [0.15, 0.2) is 12.1 Å². The Hall–Kier alpha value is -0.763. The first-order valence-corrected chi connectivity index (χ1v) is 4.61. The highest BCUT2D eigenvalue weighted by atomic mass is 28.1. The Morgan fingerprint density at radius 1 is 1.25 bits per heavy atom. The lowest BCUT2D eigenvalue weighted by Crippen LogP contribution is -2.09. The molecule has 0 spiro atoms. The maximum Gasteiger partial charge on any atom is 0.122 e. The van der Waals surface area contributed by atoms with Crippen molar-refractivity contribution in [1.29, 1.82) is 0 Å². The minimum atomic E-state index is 0.724. The van der Waals surface area contributed by atoms with Gasteiger partial charge in [0.05, 0.1) is 16.8 Å². The molecule has 0 atom stereocenters. The third kappa shape index (κ3) is 1.69. The van der Waals surface area contributed by atoms with Gasteiger partial charge in [0.2, 0.25) is 0 Å². The predicted octanol–water partition coefficient (Wildman–Crippen LogP) is 1.50. The molecule has 63 valence electrons.